The third kappa shape index (κ3) is 5.04. The van der Waals surface area contributed by atoms with Crippen LogP contribution in [0.25, 0.3) is 0 Å². The number of hydrogen-bond donors (Lipinski definition) is 1. The summed E-state index contributed by atoms with van der Waals surface area (Å²) in [6, 6.07) is 5.13. The number of nitrogens with zero attached hydrogens (tertiary/aromatic N) is 3. The third-order valence-electron chi connectivity index (χ3n) is 3.65. The van der Waals surface area contributed by atoms with E-state index in [1.165, 1.54) is 17.0 Å². The Kier molecular flexibility index (Phi) is 5.85. The van der Waals surface area contributed by atoms with E-state index in [1.807, 2.05) is 0 Å². The fraction of sp³-hybridized carbons (Fsp3) is 0.353. The van der Waals surface area contributed by atoms with E-state index in [4.69, 9.17) is 16.1 Å². The molecule has 0 aliphatic rings. The molecule has 9 nitrogen and oxygen atoms in total. The Morgan fingerprint density at radius 3 is 2.48 bits per heavy atom. The van der Waals surface area contributed by atoms with Gasteiger partial charge in [-0.1, -0.05) is 16.8 Å². The van der Waals surface area contributed by atoms with Crippen molar-refractivity contribution in [2.24, 2.45) is 0 Å². The van der Waals surface area contributed by atoms with Gasteiger partial charge in [-0.15, -0.1) is 0 Å². The zero-order valence-electron chi connectivity index (χ0n) is 15.3. The summed E-state index contributed by atoms with van der Waals surface area (Å²) in [4.78, 5) is 36.8. The molecule has 0 saturated carbocycles. The molecule has 0 aliphatic carbocycles. The quantitative estimate of drug-likeness (QED) is 0.613. The summed E-state index contributed by atoms with van der Waals surface area (Å²) in [5.74, 6) is -0.211. The van der Waals surface area contributed by atoms with Crippen molar-refractivity contribution in [1.82, 2.24) is 10.1 Å². The average molecular weight is 395 g/mol. The summed E-state index contributed by atoms with van der Waals surface area (Å²) in [7, 11) is 0. The van der Waals surface area contributed by atoms with Gasteiger partial charge in [-0.25, -0.2) is 0 Å². The van der Waals surface area contributed by atoms with Crippen molar-refractivity contribution in [3.8, 4) is 0 Å². The second-order valence-electron chi connectivity index (χ2n) is 6.85. The van der Waals surface area contributed by atoms with Gasteiger partial charge in [0.1, 0.15) is 12.3 Å². The maximum Gasteiger partial charge on any atom is 0.270 e. The van der Waals surface area contributed by atoms with Gasteiger partial charge in [0.25, 0.3) is 11.6 Å². The number of halogens is 1. The average Bonchev–Trinajstić information content (AvgIpc) is 2.95. The molecule has 2 aromatic rings. The molecular weight excluding hydrogens is 376 g/mol. The Morgan fingerprint density at radius 2 is 2.00 bits per heavy atom. The first-order chi connectivity index (χ1) is 12.5. The van der Waals surface area contributed by atoms with Gasteiger partial charge in [0.15, 0.2) is 5.82 Å². The molecular formula is C17H19ClN4O5. The minimum atomic E-state index is -0.709. The molecule has 2 rings (SSSR count). The summed E-state index contributed by atoms with van der Waals surface area (Å²) in [6.45, 7) is 6.71. The molecule has 1 aromatic carbocycles. The van der Waals surface area contributed by atoms with Crippen molar-refractivity contribution in [2.75, 3.05) is 11.9 Å². The van der Waals surface area contributed by atoms with Gasteiger partial charge in [0.05, 0.1) is 15.5 Å². The van der Waals surface area contributed by atoms with Crippen LogP contribution < -0.4 is 5.32 Å². The lowest BCUT2D eigenvalue weighted by molar-refractivity contribution is -0.384. The number of nitrogens with one attached hydrogen (secondary N) is 1. The predicted octanol–water partition coefficient (Wildman–Crippen LogP) is 3.42. The van der Waals surface area contributed by atoms with Gasteiger partial charge < -0.3 is 14.7 Å². The van der Waals surface area contributed by atoms with Crippen molar-refractivity contribution >= 4 is 34.9 Å². The number of aryl methyl sites for hydroxylation is 1. The number of nitro benzene ring substituents is 1. The topological polar surface area (TPSA) is 119 Å². The van der Waals surface area contributed by atoms with Gasteiger partial charge >= 0.3 is 0 Å². The first-order valence-electron chi connectivity index (χ1n) is 7.98. The molecule has 1 heterocycles. The fourth-order valence-corrected chi connectivity index (χ4v) is 2.56. The number of aromatic nitrogens is 1. The number of carbonyl (C=O) groups is 2. The van der Waals surface area contributed by atoms with Crippen LogP contribution in [0.1, 0.15) is 36.9 Å². The van der Waals surface area contributed by atoms with E-state index in [9.17, 15) is 19.7 Å². The van der Waals surface area contributed by atoms with Crippen LogP contribution in [0.4, 0.5) is 11.5 Å². The number of hydrogen-bond acceptors (Lipinski definition) is 6. The molecule has 2 amide bonds. The van der Waals surface area contributed by atoms with E-state index in [0.29, 0.717) is 5.76 Å². The van der Waals surface area contributed by atoms with E-state index in [1.54, 1.807) is 33.8 Å². The zero-order valence-corrected chi connectivity index (χ0v) is 16.0. The van der Waals surface area contributed by atoms with Crippen LogP contribution in [0.2, 0.25) is 5.02 Å². The minimum Gasteiger partial charge on any atom is -0.360 e. The molecule has 0 saturated heterocycles. The Balaban J connectivity index is 2.24. The van der Waals surface area contributed by atoms with E-state index in [0.717, 1.165) is 6.07 Å². The van der Waals surface area contributed by atoms with E-state index >= 15 is 0 Å². The highest BCUT2D eigenvalue weighted by Gasteiger charge is 2.31. The van der Waals surface area contributed by atoms with E-state index in [2.05, 4.69) is 10.5 Å². The molecule has 0 aliphatic heterocycles. The molecule has 0 unspecified atom stereocenters. The summed E-state index contributed by atoms with van der Waals surface area (Å²) >= 11 is 6.06. The van der Waals surface area contributed by atoms with Crippen molar-refractivity contribution in [3.05, 3.63) is 50.7 Å². The number of rotatable bonds is 5. The maximum atomic E-state index is 12.9. The number of benzene rings is 1. The van der Waals surface area contributed by atoms with Crippen molar-refractivity contribution in [2.45, 2.75) is 33.2 Å². The second-order valence-corrected chi connectivity index (χ2v) is 7.26. The Bertz CT molecular complexity index is 888. The van der Waals surface area contributed by atoms with Crippen LogP contribution in [0, 0.1) is 17.0 Å². The lowest BCUT2D eigenvalue weighted by atomic mass is 10.0. The molecule has 0 fully saturated rings. The lowest BCUT2D eigenvalue weighted by Crippen LogP contribution is -2.49. The molecule has 144 valence electrons. The van der Waals surface area contributed by atoms with Crippen molar-refractivity contribution < 1.29 is 19.0 Å². The van der Waals surface area contributed by atoms with E-state index < -0.39 is 22.3 Å². The van der Waals surface area contributed by atoms with E-state index in [-0.39, 0.29) is 28.6 Å². The highest BCUT2D eigenvalue weighted by molar-refractivity contribution is 6.34. The Labute approximate surface area is 160 Å². The monoisotopic (exact) mass is 394 g/mol. The SMILES string of the molecule is Cc1cc(NC(=O)CN(C(=O)c2ccc([N+](=O)[O-])cc2Cl)C(C)(C)C)no1. The fourth-order valence-electron chi connectivity index (χ4n) is 2.30. The smallest absolute Gasteiger partial charge is 0.270 e. The third-order valence-corrected chi connectivity index (χ3v) is 3.96. The Hall–Kier alpha value is -2.94. The number of non-ortho nitro benzene ring substituents is 1. The first-order valence-corrected chi connectivity index (χ1v) is 8.36. The number of anilines is 1. The summed E-state index contributed by atoms with van der Waals surface area (Å²) in [5.41, 5.74) is -0.862. The van der Waals surface area contributed by atoms with Crippen LogP contribution in [-0.4, -0.2) is 38.9 Å². The van der Waals surface area contributed by atoms with Gasteiger partial charge in [0.2, 0.25) is 5.91 Å². The van der Waals surface area contributed by atoms with Crippen LogP contribution in [0.3, 0.4) is 0 Å². The van der Waals surface area contributed by atoms with Gasteiger partial charge in [-0.2, -0.15) is 0 Å². The van der Waals surface area contributed by atoms with Gasteiger partial charge in [-0.3, -0.25) is 19.7 Å². The molecule has 27 heavy (non-hydrogen) atoms. The molecule has 0 bridgehead atoms. The molecule has 1 aromatic heterocycles. The van der Waals surface area contributed by atoms with Crippen LogP contribution in [-0.2, 0) is 4.79 Å². The molecule has 0 radical (unpaired) electrons. The summed E-state index contributed by atoms with van der Waals surface area (Å²) < 4.78 is 4.88. The molecule has 10 heteroatoms. The lowest BCUT2D eigenvalue weighted by Gasteiger charge is -2.35. The number of amides is 2. The standard InChI is InChI=1S/C17H19ClN4O5/c1-10-7-14(20-27-10)19-15(23)9-21(17(2,3)4)16(24)12-6-5-11(22(25)26)8-13(12)18/h5-8H,9H2,1-4H3,(H,19,20,23). The molecule has 1 N–H and O–H groups in total. The van der Waals surface area contributed by atoms with Crippen LogP contribution in [0.15, 0.2) is 28.8 Å². The van der Waals surface area contributed by atoms with Crippen molar-refractivity contribution in [1.29, 1.82) is 0 Å². The highest BCUT2D eigenvalue weighted by Crippen LogP contribution is 2.26. The van der Waals surface area contributed by atoms with Crippen LogP contribution >= 0.6 is 11.6 Å². The Morgan fingerprint density at radius 1 is 1.33 bits per heavy atom. The highest BCUT2D eigenvalue weighted by atomic mass is 35.5. The second kappa shape index (κ2) is 7.75. The zero-order chi connectivity index (χ0) is 20.4. The predicted molar refractivity (Wildman–Crippen MR) is 98.8 cm³/mol. The largest absolute Gasteiger partial charge is 0.360 e. The number of nitro groups is 1. The van der Waals surface area contributed by atoms with Crippen LogP contribution in [0.5, 0.6) is 0 Å². The molecule has 0 spiro atoms. The number of carbonyl (C=O) groups excluding carboxylic acids is 2. The summed E-state index contributed by atoms with van der Waals surface area (Å²) in [5, 5.41) is 17.0. The first kappa shape index (κ1) is 20.4. The summed E-state index contributed by atoms with van der Waals surface area (Å²) in [6.07, 6.45) is 0. The normalized spacial score (nSPS) is 11.1. The molecule has 0 atom stereocenters. The van der Waals surface area contributed by atoms with Gasteiger partial charge in [-0.05, 0) is 33.8 Å². The maximum absolute atomic E-state index is 12.9. The minimum absolute atomic E-state index is 0.0593. The van der Waals surface area contributed by atoms with Crippen molar-refractivity contribution in [3.63, 3.8) is 0 Å². The van der Waals surface area contributed by atoms with Gasteiger partial charge in [0, 0.05) is 23.7 Å².